The van der Waals surface area contributed by atoms with Crippen LogP contribution in [0.15, 0.2) is 30.3 Å². The van der Waals surface area contributed by atoms with E-state index in [1.54, 1.807) is 11.8 Å². The average molecular weight is 256 g/mol. The van der Waals surface area contributed by atoms with E-state index in [9.17, 15) is 5.11 Å². The molecule has 1 aliphatic heterocycles. The largest absolute Gasteiger partial charge is 0.395 e. The van der Waals surface area contributed by atoms with Crippen LogP contribution in [0.5, 0.6) is 0 Å². The Kier molecular flexibility index (Phi) is 3.85. The van der Waals surface area contributed by atoms with Crippen LogP contribution in [0, 0.1) is 0 Å². The summed E-state index contributed by atoms with van der Waals surface area (Å²) in [5, 5.41) is 18.8. The molecule has 0 saturated carbocycles. The van der Waals surface area contributed by atoms with Crippen LogP contribution >= 0.6 is 24.4 Å². The van der Waals surface area contributed by atoms with Crippen molar-refractivity contribution >= 4 is 24.4 Å². The van der Waals surface area contributed by atoms with Gasteiger partial charge in [-0.15, -0.1) is 11.8 Å². The standard InChI is InChI=1S/C12H16O2S2/c13-8-11-10(14)7-12(15,16-11)6-9-4-2-1-3-5-9/h1-5,10-11,13-15H,6-8H2/t10-,11+,12?/m0/s1. The molecule has 0 aromatic heterocycles. The van der Waals surface area contributed by atoms with E-state index in [1.807, 2.05) is 18.2 Å². The van der Waals surface area contributed by atoms with Gasteiger partial charge < -0.3 is 10.2 Å². The highest BCUT2D eigenvalue weighted by atomic mass is 32.2. The van der Waals surface area contributed by atoms with Gasteiger partial charge in [0.1, 0.15) is 0 Å². The van der Waals surface area contributed by atoms with E-state index >= 15 is 0 Å². The van der Waals surface area contributed by atoms with Gasteiger partial charge >= 0.3 is 0 Å². The smallest absolute Gasteiger partial charge is 0.0702 e. The Bertz CT molecular complexity index is 344. The molecular weight excluding hydrogens is 240 g/mol. The van der Waals surface area contributed by atoms with Gasteiger partial charge in [0.15, 0.2) is 0 Å². The van der Waals surface area contributed by atoms with Crippen LogP contribution < -0.4 is 0 Å². The zero-order valence-electron chi connectivity index (χ0n) is 8.91. The van der Waals surface area contributed by atoms with Crippen LogP contribution in [-0.2, 0) is 6.42 Å². The number of hydrogen-bond donors (Lipinski definition) is 3. The Labute approximate surface area is 105 Å². The zero-order chi connectivity index (χ0) is 11.6. The predicted octanol–water partition coefficient (Wildman–Crippen LogP) is 1.71. The second kappa shape index (κ2) is 5.00. The molecule has 1 aliphatic rings. The molecule has 3 atom stereocenters. The molecule has 88 valence electrons. The van der Waals surface area contributed by atoms with E-state index in [2.05, 4.69) is 24.8 Å². The van der Waals surface area contributed by atoms with Crippen LogP contribution in [0.25, 0.3) is 0 Å². The Hall–Kier alpha value is -0.160. The van der Waals surface area contributed by atoms with Gasteiger partial charge in [0, 0.05) is 0 Å². The van der Waals surface area contributed by atoms with Gasteiger partial charge in [-0.05, 0) is 18.4 Å². The first-order valence-corrected chi connectivity index (χ1v) is 6.69. The highest BCUT2D eigenvalue weighted by Crippen LogP contribution is 2.48. The number of thiol groups is 1. The first kappa shape index (κ1) is 12.3. The number of aliphatic hydroxyl groups excluding tert-OH is 2. The molecule has 1 saturated heterocycles. The van der Waals surface area contributed by atoms with Crippen molar-refractivity contribution in [3.8, 4) is 0 Å². The third kappa shape index (κ3) is 2.74. The summed E-state index contributed by atoms with van der Waals surface area (Å²) in [5.74, 6) is 0. The van der Waals surface area contributed by atoms with Gasteiger partial charge in [-0.3, -0.25) is 0 Å². The maximum atomic E-state index is 9.77. The molecular formula is C12H16O2S2. The molecule has 0 bridgehead atoms. The number of benzene rings is 1. The van der Waals surface area contributed by atoms with Crippen LogP contribution in [0.2, 0.25) is 0 Å². The molecule has 1 aromatic carbocycles. The normalized spacial score (nSPS) is 34.2. The summed E-state index contributed by atoms with van der Waals surface area (Å²) in [5.41, 5.74) is 1.22. The first-order chi connectivity index (χ1) is 7.63. The van der Waals surface area contributed by atoms with Crippen molar-refractivity contribution < 1.29 is 10.2 Å². The number of rotatable bonds is 3. The number of aliphatic hydroxyl groups is 2. The van der Waals surface area contributed by atoms with Crippen molar-refractivity contribution in [3.63, 3.8) is 0 Å². The summed E-state index contributed by atoms with van der Waals surface area (Å²) in [7, 11) is 0. The summed E-state index contributed by atoms with van der Waals surface area (Å²) in [6, 6.07) is 10.1. The second-order valence-electron chi connectivity index (χ2n) is 4.22. The molecule has 0 spiro atoms. The first-order valence-electron chi connectivity index (χ1n) is 5.36. The third-order valence-corrected chi connectivity index (χ3v) is 5.00. The zero-order valence-corrected chi connectivity index (χ0v) is 10.6. The monoisotopic (exact) mass is 256 g/mol. The highest BCUT2D eigenvalue weighted by Gasteiger charge is 2.42. The van der Waals surface area contributed by atoms with Crippen molar-refractivity contribution in [2.45, 2.75) is 28.3 Å². The molecule has 0 radical (unpaired) electrons. The lowest BCUT2D eigenvalue weighted by atomic mass is 10.0. The lowest BCUT2D eigenvalue weighted by Gasteiger charge is -2.22. The van der Waals surface area contributed by atoms with E-state index in [0.29, 0.717) is 6.42 Å². The van der Waals surface area contributed by atoms with Crippen LogP contribution in [0.4, 0.5) is 0 Å². The summed E-state index contributed by atoms with van der Waals surface area (Å²) >= 11 is 6.24. The molecule has 1 heterocycles. The molecule has 1 unspecified atom stereocenters. The Balaban J connectivity index is 2.05. The summed E-state index contributed by atoms with van der Waals surface area (Å²) < 4.78 is -0.256. The van der Waals surface area contributed by atoms with Gasteiger partial charge in [0.05, 0.1) is 22.0 Å². The highest BCUT2D eigenvalue weighted by molar-refractivity contribution is 8.12. The summed E-state index contributed by atoms with van der Waals surface area (Å²) in [4.78, 5) is 0. The maximum absolute atomic E-state index is 9.77. The minimum Gasteiger partial charge on any atom is -0.395 e. The molecule has 16 heavy (non-hydrogen) atoms. The summed E-state index contributed by atoms with van der Waals surface area (Å²) in [6.07, 6.45) is 0.993. The Morgan fingerprint density at radius 1 is 1.38 bits per heavy atom. The van der Waals surface area contributed by atoms with E-state index in [4.69, 9.17) is 5.11 Å². The second-order valence-corrected chi connectivity index (χ2v) is 7.00. The topological polar surface area (TPSA) is 40.5 Å². The SMILES string of the molecule is OC[C@H]1SC(S)(Cc2ccccc2)C[C@@H]1O. The molecule has 1 fully saturated rings. The fourth-order valence-electron chi connectivity index (χ4n) is 2.05. The lowest BCUT2D eigenvalue weighted by molar-refractivity contribution is 0.140. The van der Waals surface area contributed by atoms with Gasteiger partial charge in [-0.2, -0.15) is 12.6 Å². The van der Waals surface area contributed by atoms with Gasteiger partial charge in [0.25, 0.3) is 0 Å². The molecule has 2 rings (SSSR count). The van der Waals surface area contributed by atoms with Crippen molar-refractivity contribution in [1.29, 1.82) is 0 Å². The van der Waals surface area contributed by atoms with Crippen molar-refractivity contribution in [2.75, 3.05) is 6.61 Å². The average Bonchev–Trinajstić information content (AvgIpc) is 2.54. The third-order valence-electron chi connectivity index (χ3n) is 2.83. The fraction of sp³-hybridized carbons (Fsp3) is 0.500. The molecule has 2 N–H and O–H groups in total. The van der Waals surface area contributed by atoms with Crippen molar-refractivity contribution in [3.05, 3.63) is 35.9 Å². The maximum Gasteiger partial charge on any atom is 0.0702 e. The van der Waals surface area contributed by atoms with Gasteiger partial charge in [-0.25, -0.2) is 0 Å². The molecule has 0 amide bonds. The summed E-state index contributed by atoms with van der Waals surface area (Å²) in [6.45, 7) is 0.0168. The Morgan fingerprint density at radius 3 is 2.62 bits per heavy atom. The number of hydrogen-bond acceptors (Lipinski definition) is 4. The van der Waals surface area contributed by atoms with Crippen LogP contribution in [0.1, 0.15) is 12.0 Å². The lowest BCUT2D eigenvalue weighted by Crippen LogP contribution is -2.21. The van der Waals surface area contributed by atoms with E-state index < -0.39 is 6.10 Å². The minimum absolute atomic E-state index is 0.0168. The van der Waals surface area contributed by atoms with Crippen LogP contribution in [-0.4, -0.2) is 32.3 Å². The quantitative estimate of drug-likeness (QED) is 0.721. The van der Waals surface area contributed by atoms with Gasteiger partial charge in [0.2, 0.25) is 0 Å². The predicted molar refractivity (Wildman–Crippen MR) is 71.0 cm³/mol. The Morgan fingerprint density at radius 2 is 2.06 bits per heavy atom. The minimum atomic E-state index is -0.448. The van der Waals surface area contributed by atoms with E-state index in [0.717, 1.165) is 6.42 Å². The van der Waals surface area contributed by atoms with Crippen LogP contribution in [0.3, 0.4) is 0 Å². The molecule has 4 heteroatoms. The molecule has 0 aliphatic carbocycles. The fourth-order valence-corrected chi connectivity index (χ4v) is 4.24. The molecule has 2 nitrogen and oxygen atoms in total. The van der Waals surface area contributed by atoms with E-state index in [1.165, 1.54) is 5.56 Å². The number of thioether (sulfide) groups is 1. The van der Waals surface area contributed by atoms with E-state index in [-0.39, 0.29) is 15.9 Å². The van der Waals surface area contributed by atoms with Gasteiger partial charge in [-0.1, -0.05) is 30.3 Å². The van der Waals surface area contributed by atoms with Crippen molar-refractivity contribution in [2.24, 2.45) is 0 Å². The molecule has 1 aromatic rings. The van der Waals surface area contributed by atoms with Crippen molar-refractivity contribution in [1.82, 2.24) is 0 Å².